The first kappa shape index (κ1) is 15.5. The number of nitrogens with zero attached hydrogens (tertiary/aromatic N) is 3. The van der Waals surface area contributed by atoms with Crippen LogP contribution in [0.25, 0.3) is 10.4 Å². The highest BCUT2D eigenvalue weighted by atomic mass is 16.4. The van der Waals surface area contributed by atoms with Crippen LogP contribution in [0.1, 0.15) is 13.8 Å². The van der Waals surface area contributed by atoms with Gasteiger partial charge in [0.1, 0.15) is 12.2 Å². The Morgan fingerprint density at radius 2 is 1.82 bits per heavy atom. The van der Waals surface area contributed by atoms with Crippen molar-refractivity contribution in [1.82, 2.24) is 0 Å². The Balaban J connectivity index is 5.43. The number of rotatable bonds is 5. The predicted octanol–water partition coefficient (Wildman–Crippen LogP) is -1.75. The van der Waals surface area contributed by atoms with Crippen molar-refractivity contribution in [2.24, 2.45) is 5.11 Å². The molecule has 0 spiro atoms. The summed E-state index contributed by atoms with van der Waals surface area (Å²) in [5, 5.41) is 40.0. The van der Waals surface area contributed by atoms with Crippen LogP contribution in [0.15, 0.2) is 5.11 Å². The standard InChI is InChI=1S/C8H13N3O6/c1-3(12)5(14)6(15)8(17,4(2)13)7(16)10-11-9/h3,5-6,12,14-15,17H,1-2H3/t3-,5-,6+,8+/m0/s1. The van der Waals surface area contributed by atoms with E-state index in [-0.39, 0.29) is 0 Å². The summed E-state index contributed by atoms with van der Waals surface area (Å²) in [5.41, 5.74) is 4.95. The molecule has 9 heteroatoms. The smallest absolute Gasteiger partial charge is 0.260 e. The summed E-state index contributed by atoms with van der Waals surface area (Å²) in [4.78, 5) is 24.5. The molecule has 0 aliphatic heterocycles. The maximum atomic E-state index is 11.2. The molecule has 0 aliphatic carbocycles. The first-order valence-corrected chi connectivity index (χ1v) is 4.56. The van der Waals surface area contributed by atoms with Crippen LogP contribution in [-0.2, 0) is 9.59 Å². The molecule has 0 unspecified atom stereocenters. The van der Waals surface area contributed by atoms with Gasteiger partial charge in [-0.3, -0.25) is 9.59 Å². The molecule has 0 aromatic rings. The molecule has 4 N–H and O–H groups in total. The number of azide groups is 1. The molecule has 0 saturated carbocycles. The molecule has 0 fully saturated rings. The van der Waals surface area contributed by atoms with E-state index in [0.29, 0.717) is 0 Å². The van der Waals surface area contributed by atoms with Crippen molar-refractivity contribution < 1.29 is 30.0 Å². The van der Waals surface area contributed by atoms with Gasteiger partial charge in [-0.15, -0.1) is 0 Å². The topological polar surface area (TPSA) is 164 Å². The van der Waals surface area contributed by atoms with E-state index < -0.39 is 35.6 Å². The van der Waals surface area contributed by atoms with Gasteiger partial charge < -0.3 is 20.4 Å². The first-order valence-electron chi connectivity index (χ1n) is 4.56. The molecule has 0 aliphatic rings. The minimum Gasteiger partial charge on any atom is -0.391 e. The molecule has 0 saturated heterocycles. The summed E-state index contributed by atoms with van der Waals surface area (Å²) < 4.78 is 0. The van der Waals surface area contributed by atoms with Crippen molar-refractivity contribution in [2.45, 2.75) is 37.8 Å². The molecular weight excluding hydrogens is 234 g/mol. The average Bonchev–Trinajstić information content (AvgIpc) is 2.25. The highest BCUT2D eigenvalue weighted by Gasteiger charge is 2.51. The quantitative estimate of drug-likeness (QED) is 0.194. The highest BCUT2D eigenvalue weighted by molar-refractivity contribution is 6.09. The number of hydrogen-bond acceptors (Lipinski definition) is 6. The zero-order valence-corrected chi connectivity index (χ0v) is 9.18. The first-order chi connectivity index (χ1) is 7.69. The van der Waals surface area contributed by atoms with Gasteiger partial charge in [0.05, 0.1) is 6.10 Å². The molecule has 0 radical (unpaired) electrons. The summed E-state index contributed by atoms with van der Waals surface area (Å²) in [6.45, 7) is 1.84. The second-order valence-electron chi connectivity index (χ2n) is 3.49. The van der Waals surface area contributed by atoms with Crippen LogP contribution in [-0.4, -0.2) is 56.0 Å². The Hall–Kier alpha value is -1.51. The zero-order chi connectivity index (χ0) is 13.8. The lowest BCUT2D eigenvalue weighted by Gasteiger charge is -2.31. The fourth-order valence-corrected chi connectivity index (χ4v) is 1.11. The van der Waals surface area contributed by atoms with Gasteiger partial charge in [0.2, 0.25) is 5.60 Å². The van der Waals surface area contributed by atoms with Crippen LogP contribution in [0, 0.1) is 0 Å². The van der Waals surface area contributed by atoms with Crippen molar-refractivity contribution >= 4 is 11.7 Å². The van der Waals surface area contributed by atoms with Crippen LogP contribution < -0.4 is 0 Å². The molecule has 17 heavy (non-hydrogen) atoms. The van der Waals surface area contributed by atoms with Crippen molar-refractivity contribution in [3.8, 4) is 0 Å². The highest BCUT2D eigenvalue weighted by Crippen LogP contribution is 2.19. The molecule has 0 heterocycles. The van der Waals surface area contributed by atoms with Crippen molar-refractivity contribution in [3.05, 3.63) is 10.4 Å². The number of carbonyl (C=O) groups excluding carboxylic acids is 2. The van der Waals surface area contributed by atoms with Crippen LogP contribution >= 0.6 is 0 Å². The summed E-state index contributed by atoms with van der Waals surface area (Å²) in [7, 11) is 0. The van der Waals surface area contributed by atoms with Gasteiger partial charge in [-0.2, -0.15) is 0 Å². The molecule has 0 aromatic carbocycles. The number of aliphatic hydroxyl groups is 4. The zero-order valence-electron chi connectivity index (χ0n) is 9.18. The fourth-order valence-electron chi connectivity index (χ4n) is 1.11. The molecule has 0 bridgehead atoms. The minimum atomic E-state index is -3.08. The minimum absolute atomic E-state index is 0.767. The van der Waals surface area contributed by atoms with Crippen molar-refractivity contribution in [2.75, 3.05) is 0 Å². The average molecular weight is 247 g/mol. The molecule has 9 nitrogen and oxygen atoms in total. The monoisotopic (exact) mass is 247 g/mol. The van der Waals surface area contributed by atoms with E-state index in [4.69, 9.17) is 10.6 Å². The Bertz CT molecular complexity index is 364. The van der Waals surface area contributed by atoms with Crippen LogP contribution in [0.3, 0.4) is 0 Å². The fraction of sp³-hybridized carbons (Fsp3) is 0.750. The third-order valence-electron chi connectivity index (χ3n) is 2.24. The molecular formula is C8H13N3O6. The lowest BCUT2D eigenvalue weighted by molar-refractivity contribution is -0.176. The normalized spacial score (nSPS) is 19.4. The van der Waals surface area contributed by atoms with Crippen LogP contribution in [0.2, 0.25) is 0 Å². The van der Waals surface area contributed by atoms with Gasteiger partial charge in [-0.25, -0.2) is 0 Å². The molecule has 0 rings (SSSR count). The Morgan fingerprint density at radius 3 is 2.12 bits per heavy atom. The second kappa shape index (κ2) is 5.71. The van der Waals surface area contributed by atoms with Crippen LogP contribution in [0.4, 0.5) is 0 Å². The van der Waals surface area contributed by atoms with E-state index in [9.17, 15) is 24.9 Å². The number of carbonyl (C=O) groups is 2. The number of Topliss-reactive ketones (excluding diaryl/α,β-unsaturated/α-hetero) is 1. The van der Waals surface area contributed by atoms with E-state index in [1.807, 2.05) is 0 Å². The Morgan fingerprint density at radius 1 is 1.35 bits per heavy atom. The Labute approximate surface area is 95.9 Å². The van der Waals surface area contributed by atoms with Crippen molar-refractivity contribution in [1.29, 1.82) is 0 Å². The third kappa shape index (κ3) is 2.99. The summed E-state index contributed by atoms with van der Waals surface area (Å²) in [6, 6.07) is 0. The maximum Gasteiger partial charge on any atom is 0.260 e. The number of amides is 1. The van der Waals surface area contributed by atoms with Gasteiger partial charge >= 0.3 is 0 Å². The van der Waals surface area contributed by atoms with Crippen molar-refractivity contribution in [3.63, 3.8) is 0 Å². The van der Waals surface area contributed by atoms with Crippen LogP contribution in [0.5, 0.6) is 0 Å². The van der Waals surface area contributed by atoms with Gasteiger partial charge in [-0.05, 0) is 24.5 Å². The molecule has 0 aromatic heterocycles. The molecule has 1 amide bonds. The predicted molar refractivity (Wildman–Crippen MR) is 53.5 cm³/mol. The maximum absolute atomic E-state index is 11.2. The Kier molecular flexibility index (Phi) is 5.20. The van der Waals surface area contributed by atoms with Gasteiger partial charge in [-0.1, -0.05) is 0 Å². The number of hydrogen-bond donors (Lipinski definition) is 4. The lowest BCUT2D eigenvalue weighted by Crippen LogP contribution is -2.60. The summed E-state index contributed by atoms with van der Waals surface area (Å²) in [5.74, 6) is -2.87. The van der Waals surface area contributed by atoms with E-state index in [2.05, 4.69) is 10.0 Å². The molecule has 96 valence electrons. The number of aliphatic hydroxyl groups excluding tert-OH is 3. The second-order valence-corrected chi connectivity index (χ2v) is 3.49. The van der Waals surface area contributed by atoms with E-state index in [0.717, 1.165) is 13.8 Å². The lowest BCUT2D eigenvalue weighted by atomic mass is 9.86. The summed E-state index contributed by atoms with van der Waals surface area (Å²) in [6.07, 6.45) is -5.77. The SMILES string of the molecule is CC(=O)[C@](O)(C(=O)N=[N+]=[N-])[C@H](O)[C@@H](O)[C@H](C)O. The summed E-state index contributed by atoms with van der Waals surface area (Å²) >= 11 is 0. The van der Waals surface area contributed by atoms with Gasteiger partial charge in [0.25, 0.3) is 5.91 Å². The largest absolute Gasteiger partial charge is 0.391 e. The van der Waals surface area contributed by atoms with E-state index in [1.54, 1.807) is 0 Å². The molecule has 4 atom stereocenters. The van der Waals surface area contributed by atoms with Gasteiger partial charge in [0.15, 0.2) is 5.78 Å². The number of ketones is 1. The third-order valence-corrected chi connectivity index (χ3v) is 2.24. The van der Waals surface area contributed by atoms with E-state index in [1.165, 1.54) is 0 Å². The van der Waals surface area contributed by atoms with E-state index >= 15 is 0 Å². The van der Waals surface area contributed by atoms with Gasteiger partial charge in [0, 0.05) is 4.91 Å².